The monoisotopic (exact) mass is 306 g/mol. The average molecular weight is 306 g/mol. The summed E-state index contributed by atoms with van der Waals surface area (Å²) >= 11 is 0. The van der Waals surface area contributed by atoms with Crippen LogP contribution in [0.4, 0.5) is 5.69 Å². The second kappa shape index (κ2) is 5.54. The molecule has 0 atom stereocenters. The molecule has 0 aliphatic rings. The summed E-state index contributed by atoms with van der Waals surface area (Å²) in [6, 6.07) is 11.2. The maximum absolute atomic E-state index is 11.0. The van der Waals surface area contributed by atoms with E-state index in [-0.39, 0.29) is 12.1 Å². The predicted molar refractivity (Wildman–Crippen MR) is 86.1 cm³/mol. The molecule has 1 aromatic carbocycles. The quantitative estimate of drug-likeness (QED) is 0.546. The summed E-state index contributed by atoms with van der Waals surface area (Å²) in [6.45, 7) is 4.00. The fourth-order valence-corrected chi connectivity index (χ4v) is 2.73. The van der Waals surface area contributed by atoms with Gasteiger partial charge in [-0.2, -0.15) is 5.26 Å². The number of pyridine rings is 1. The Morgan fingerprint density at radius 3 is 2.74 bits per heavy atom. The molecule has 0 N–H and O–H groups in total. The molecule has 3 rings (SSSR count). The third-order valence-corrected chi connectivity index (χ3v) is 3.80. The molecule has 114 valence electrons. The van der Waals surface area contributed by atoms with Gasteiger partial charge < -0.3 is 0 Å². The summed E-state index contributed by atoms with van der Waals surface area (Å²) in [5.41, 5.74) is 5.07. The van der Waals surface area contributed by atoms with E-state index in [9.17, 15) is 10.1 Å². The molecule has 0 amide bonds. The smallest absolute Gasteiger partial charge is 0.286 e. The molecule has 6 nitrogen and oxygen atoms in total. The lowest BCUT2D eigenvalue weighted by Crippen LogP contribution is -1.97. The number of fused-ring (bicyclic) bond motifs is 1. The standard InChI is InChI=1S/C17H14N4O2/c1-11-3-5-14(12(2)9-11)17-15(7-8-18)20-10-13(21(22)23)4-6-16(20)19-17/h3-6,9-10H,7H2,1-2H3. The molecule has 3 aromatic rings. The second-order valence-electron chi connectivity index (χ2n) is 5.43. The molecule has 0 unspecified atom stereocenters. The first-order valence-corrected chi connectivity index (χ1v) is 7.11. The molecular weight excluding hydrogens is 292 g/mol. The Morgan fingerprint density at radius 1 is 1.30 bits per heavy atom. The van der Waals surface area contributed by atoms with Crippen LogP contribution >= 0.6 is 0 Å². The molecule has 0 radical (unpaired) electrons. The molecule has 0 saturated carbocycles. The maximum atomic E-state index is 11.0. The van der Waals surface area contributed by atoms with Crippen LogP contribution in [-0.2, 0) is 6.42 Å². The average Bonchev–Trinajstić information content (AvgIpc) is 2.85. The van der Waals surface area contributed by atoms with Gasteiger partial charge in [-0.25, -0.2) is 4.98 Å². The fourth-order valence-electron chi connectivity index (χ4n) is 2.73. The van der Waals surface area contributed by atoms with Gasteiger partial charge in [0, 0.05) is 11.6 Å². The van der Waals surface area contributed by atoms with Crippen molar-refractivity contribution >= 4 is 11.3 Å². The van der Waals surface area contributed by atoms with Gasteiger partial charge in [0.25, 0.3) is 5.69 Å². The summed E-state index contributed by atoms with van der Waals surface area (Å²) in [6.07, 6.45) is 1.55. The number of aromatic nitrogens is 2. The van der Waals surface area contributed by atoms with Gasteiger partial charge in [0.1, 0.15) is 5.65 Å². The van der Waals surface area contributed by atoms with Gasteiger partial charge in [0.2, 0.25) is 0 Å². The Hall–Kier alpha value is -3.20. The third kappa shape index (κ3) is 2.53. The topological polar surface area (TPSA) is 84.2 Å². The number of hydrogen-bond acceptors (Lipinski definition) is 4. The molecule has 23 heavy (non-hydrogen) atoms. The summed E-state index contributed by atoms with van der Waals surface area (Å²) in [5.74, 6) is 0. The minimum Gasteiger partial charge on any atom is -0.295 e. The lowest BCUT2D eigenvalue weighted by atomic mass is 10.0. The van der Waals surface area contributed by atoms with E-state index in [1.165, 1.54) is 12.3 Å². The number of nitro groups is 1. The lowest BCUT2D eigenvalue weighted by molar-refractivity contribution is -0.385. The summed E-state index contributed by atoms with van der Waals surface area (Å²) in [5, 5.41) is 20.1. The molecule has 2 aromatic heterocycles. The first kappa shape index (κ1) is 14.7. The number of aryl methyl sites for hydroxylation is 2. The van der Waals surface area contributed by atoms with Crippen LogP contribution in [0.2, 0.25) is 0 Å². The molecule has 0 saturated heterocycles. The van der Waals surface area contributed by atoms with Gasteiger partial charge in [-0.3, -0.25) is 14.5 Å². The van der Waals surface area contributed by atoms with E-state index >= 15 is 0 Å². The minimum atomic E-state index is -0.452. The van der Waals surface area contributed by atoms with Gasteiger partial charge in [-0.05, 0) is 25.5 Å². The Labute approximate surface area is 132 Å². The number of imidazole rings is 1. The zero-order chi connectivity index (χ0) is 16.6. The first-order valence-electron chi connectivity index (χ1n) is 7.11. The normalized spacial score (nSPS) is 10.7. The lowest BCUT2D eigenvalue weighted by Gasteiger charge is -2.06. The highest BCUT2D eigenvalue weighted by Crippen LogP contribution is 2.29. The van der Waals surface area contributed by atoms with Gasteiger partial charge in [0.15, 0.2) is 0 Å². The molecular formula is C17H14N4O2. The van der Waals surface area contributed by atoms with Crippen molar-refractivity contribution in [2.45, 2.75) is 20.3 Å². The van der Waals surface area contributed by atoms with Crippen molar-refractivity contribution in [2.24, 2.45) is 0 Å². The highest BCUT2D eigenvalue weighted by molar-refractivity contribution is 5.70. The van der Waals surface area contributed by atoms with E-state index < -0.39 is 4.92 Å². The Bertz CT molecular complexity index is 967. The van der Waals surface area contributed by atoms with Crippen molar-refractivity contribution in [1.82, 2.24) is 9.38 Å². The van der Waals surface area contributed by atoms with E-state index in [4.69, 9.17) is 5.26 Å². The molecule has 2 heterocycles. The van der Waals surface area contributed by atoms with Crippen LogP contribution < -0.4 is 0 Å². The molecule has 0 fully saturated rings. The zero-order valence-corrected chi connectivity index (χ0v) is 12.8. The maximum Gasteiger partial charge on any atom is 0.286 e. The van der Waals surface area contributed by atoms with E-state index in [0.717, 1.165) is 16.7 Å². The van der Waals surface area contributed by atoms with Crippen molar-refractivity contribution in [2.75, 3.05) is 0 Å². The number of nitrogens with zero attached hydrogens (tertiary/aromatic N) is 4. The van der Waals surface area contributed by atoms with E-state index in [0.29, 0.717) is 17.0 Å². The predicted octanol–water partition coefficient (Wildman–Crippen LogP) is 3.59. The number of benzene rings is 1. The van der Waals surface area contributed by atoms with Gasteiger partial charge in [-0.15, -0.1) is 0 Å². The van der Waals surface area contributed by atoms with Crippen molar-refractivity contribution in [3.63, 3.8) is 0 Å². The highest BCUT2D eigenvalue weighted by Gasteiger charge is 2.17. The number of rotatable bonds is 3. The van der Waals surface area contributed by atoms with Crippen LogP contribution in [0.25, 0.3) is 16.9 Å². The Morgan fingerprint density at radius 2 is 2.09 bits per heavy atom. The number of hydrogen-bond donors (Lipinski definition) is 0. The van der Waals surface area contributed by atoms with Crippen LogP contribution in [-0.4, -0.2) is 14.3 Å². The van der Waals surface area contributed by atoms with Crippen LogP contribution in [0.3, 0.4) is 0 Å². The van der Waals surface area contributed by atoms with Crippen molar-refractivity contribution in [3.8, 4) is 17.3 Å². The largest absolute Gasteiger partial charge is 0.295 e. The van der Waals surface area contributed by atoms with E-state index in [1.807, 2.05) is 26.0 Å². The van der Waals surface area contributed by atoms with Crippen LogP contribution in [0.15, 0.2) is 36.5 Å². The summed E-state index contributed by atoms with van der Waals surface area (Å²) < 4.78 is 1.63. The molecule has 0 spiro atoms. The Kier molecular flexibility index (Phi) is 3.54. The molecule has 0 aliphatic carbocycles. The molecule has 0 aliphatic heterocycles. The van der Waals surface area contributed by atoms with Crippen LogP contribution in [0, 0.1) is 35.3 Å². The SMILES string of the molecule is Cc1ccc(-c2nc3ccc([N+](=O)[O-])cn3c2CC#N)c(C)c1. The third-order valence-electron chi connectivity index (χ3n) is 3.80. The zero-order valence-electron chi connectivity index (χ0n) is 12.8. The minimum absolute atomic E-state index is 0.0266. The van der Waals surface area contributed by atoms with Crippen LogP contribution in [0.5, 0.6) is 0 Å². The fraction of sp³-hybridized carbons (Fsp3) is 0.176. The second-order valence-corrected chi connectivity index (χ2v) is 5.43. The Balaban J connectivity index is 2.30. The van der Waals surface area contributed by atoms with Crippen molar-refractivity contribution < 1.29 is 4.92 Å². The summed E-state index contributed by atoms with van der Waals surface area (Å²) in [7, 11) is 0. The van der Waals surface area contributed by atoms with Crippen molar-refractivity contribution in [3.05, 3.63) is 63.5 Å². The van der Waals surface area contributed by atoms with E-state index in [2.05, 4.69) is 17.1 Å². The van der Waals surface area contributed by atoms with Gasteiger partial charge in [0.05, 0.1) is 35.0 Å². The first-order chi connectivity index (χ1) is 11.0. The van der Waals surface area contributed by atoms with E-state index in [1.54, 1.807) is 10.5 Å². The van der Waals surface area contributed by atoms with Gasteiger partial charge in [-0.1, -0.05) is 23.8 Å². The van der Waals surface area contributed by atoms with Gasteiger partial charge >= 0.3 is 0 Å². The summed E-state index contributed by atoms with van der Waals surface area (Å²) in [4.78, 5) is 15.1. The van der Waals surface area contributed by atoms with Crippen LogP contribution in [0.1, 0.15) is 16.8 Å². The van der Waals surface area contributed by atoms with Crippen molar-refractivity contribution in [1.29, 1.82) is 5.26 Å². The molecule has 0 bridgehead atoms. The molecule has 6 heteroatoms. The number of nitriles is 1. The highest BCUT2D eigenvalue weighted by atomic mass is 16.6.